The van der Waals surface area contributed by atoms with E-state index in [2.05, 4.69) is 15.1 Å². The van der Waals surface area contributed by atoms with Crippen molar-refractivity contribution in [3.8, 4) is 0 Å². The lowest BCUT2D eigenvalue weighted by Crippen LogP contribution is -2.48. The Kier molecular flexibility index (Phi) is 6.38. The molecule has 2 aromatic rings. The van der Waals surface area contributed by atoms with Crippen LogP contribution in [-0.4, -0.2) is 49.6 Å². The molecule has 156 valence electrons. The summed E-state index contributed by atoms with van der Waals surface area (Å²) < 4.78 is 5.38. The molecular weight excluding hydrogens is 409 g/mol. The van der Waals surface area contributed by atoms with Crippen LogP contribution in [-0.2, 0) is 0 Å². The van der Waals surface area contributed by atoms with Crippen molar-refractivity contribution >= 4 is 34.8 Å². The second-order valence-electron chi connectivity index (χ2n) is 8.11. The van der Waals surface area contributed by atoms with Gasteiger partial charge in [-0.05, 0) is 62.9 Å². The van der Waals surface area contributed by atoms with Crippen molar-refractivity contribution in [1.82, 2.24) is 10.2 Å². The number of carbonyl (C=O) groups is 1. The third kappa shape index (κ3) is 4.90. The zero-order chi connectivity index (χ0) is 20.4. The average molecular weight is 436 g/mol. The molecule has 2 fully saturated rings. The molecule has 1 aromatic carbocycles. The van der Waals surface area contributed by atoms with E-state index in [1.807, 2.05) is 31.2 Å². The van der Waals surface area contributed by atoms with Crippen molar-refractivity contribution in [3.05, 3.63) is 51.9 Å². The molecule has 1 aromatic heterocycles. The molecule has 1 aliphatic heterocycles. The van der Waals surface area contributed by atoms with Crippen LogP contribution in [0.2, 0.25) is 10.0 Å². The lowest BCUT2D eigenvalue weighted by molar-refractivity contribution is 0.0848. The monoisotopic (exact) mass is 435 g/mol. The smallest absolute Gasteiger partial charge is 0.287 e. The quantitative estimate of drug-likeness (QED) is 0.718. The van der Waals surface area contributed by atoms with E-state index in [9.17, 15) is 4.79 Å². The van der Waals surface area contributed by atoms with E-state index < -0.39 is 0 Å². The number of hydrogen-bond acceptors (Lipinski definition) is 4. The first-order valence-corrected chi connectivity index (χ1v) is 11.0. The highest BCUT2D eigenvalue weighted by molar-refractivity contribution is 6.43. The number of aryl methyl sites for hydroxylation is 1. The zero-order valence-electron chi connectivity index (χ0n) is 16.7. The third-order valence-electron chi connectivity index (χ3n) is 6.03. The van der Waals surface area contributed by atoms with Crippen molar-refractivity contribution in [2.45, 2.75) is 32.2 Å². The van der Waals surface area contributed by atoms with E-state index in [0.717, 1.165) is 57.0 Å². The number of carbonyl (C=O) groups excluding carboxylic acids is 1. The fraction of sp³-hybridized carbons (Fsp3) is 0.500. The number of nitrogens with zero attached hydrogens (tertiary/aromatic N) is 2. The van der Waals surface area contributed by atoms with Crippen molar-refractivity contribution in [2.75, 3.05) is 37.6 Å². The Hall–Kier alpha value is -1.69. The predicted octanol–water partition coefficient (Wildman–Crippen LogP) is 4.62. The largest absolute Gasteiger partial charge is 0.456 e. The molecule has 0 unspecified atom stereocenters. The van der Waals surface area contributed by atoms with Crippen molar-refractivity contribution in [1.29, 1.82) is 0 Å². The number of anilines is 1. The summed E-state index contributed by atoms with van der Waals surface area (Å²) in [7, 11) is 0. The van der Waals surface area contributed by atoms with Crippen LogP contribution in [0, 0.1) is 12.8 Å². The molecule has 7 heteroatoms. The lowest BCUT2D eigenvalue weighted by atomic mass is 9.78. The number of hydrogen-bond donors (Lipinski definition) is 1. The number of nitrogens with one attached hydrogen (secondary N) is 1. The summed E-state index contributed by atoms with van der Waals surface area (Å²) in [5, 5.41) is 4.33. The maximum absolute atomic E-state index is 12.1. The van der Waals surface area contributed by atoms with E-state index >= 15 is 0 Å². The van der Waals surface area contributed by atoms with Gasteiger partial charge in [-0.2, -0.15) is 0 Å². The number of furan rings is 1. The minimum Gasteiger partial charge on any atom is -0.456 e. The molecule has 5 nitrogen and oxygen atoms in total. The molecule has 1 saturated heterocycles. The Morgan fingerprint density at radius 3 is 2.59 bits per heavy atom. The molecule has 1 N–H and O–H groups in total. The van der Waals surface area contributed by atoms with Crippen LogP contribution >= 0.6 is 23.2 Å². The Labute approximate surface area is 181 Å². The molecule has 0 radical (unpaired) electrons. The van der Waals surface area contributed by atoms with Crippen LogP contribution in [0.1, 0.15) is 35.6 Å². The van der Waals surface area contributed by atoms with Crippen LogP contribution < -0.4 is 10.2 Å². The van der Waals surface area contributed by atoms with Crippen molar-refractivity contribution in [2.24, 2.45) is 5.92 Å². The van der Waals surface area contributed by atoms with E-state index in [1.54, 1.807) is 6.07 Å². The van der Waals surface area contributed by atoms with Crippen LogP contribution in [0.3, 0.4) is 0 Å². The predicted molar refractivity (Wildman–Crippen MR) is 117 cm³/mol. The highest BCUT2D eigenvalue weighted by atomic mass is 35.5. The van der Waals surface area contributed by atoms with Crippen LogP contribution in [0.5, 0.6) is 0 Å². The van der Waals surface area contributed by atoms with E-state index in [4.69, 9.17) is 27.6 Å². The Balaban J connectivity index is 1.15. The van der Waals surface area contributed by atoms with E-state index in [-0.39, 0.29) is 11.9 Å². The van der Waals surface area contributed by atoms with Gasteiger partial charge in [0.15, 0.2) is 5.76 Å². The van der Waals surface area contributed by atoms with Gasteiger partial charge >= 0.3 is 0 Å². The summed E-state index contributed by atoms with van der Waals surface area (Å²) in [4.78, 5) is 17.0. The molecule has 1 saturated carbocycles. The van der Waals surface area contributed by atoms with Gasteiger partial charge < -0.3 is 14.6 Å². The summed E-state index contributed by atoms with van der Waals surface area (Å²) in [5.41, 5.74) is 1.03. The number of amides is 1. The van der Waals surface area contributed by atoms with Gasteiger partial charge in [0, 0.05) is 32.2 Å². The highest BCUT2D eigenvalue weighted by Crippen LogP contribution is 2.33. The van der Waals surface area contributed by atoms with Gasteiger partial charge in [0.25, 0.3) is 5.91 Å². The first-order valence-electron chi connectivity index (χ1n) is 10.3. The summed E-state index contributed by atoms with van der Waals surface area (Å²) in [6.45, 7) is 6.96. The maximum atomic E-state index is 12.1. The van der Waals surface area contributed by atoms with Crippen LogP contribution in [0.15, 0.2) is 34.7 Å². The molecule has 4 rings (SSSR count). The van der Waals surface area contributed by atoms with Crippen LogP contribution in [0.4, 0.5) is 5.69 Å². The average Bonchev–Trinajstić information content (AvgIpc) is 3.12. The number of piperazine rings is 1. The number of halogens is 2. The summed E-state index contributed by atoms with van der Waals surface area (Å²) in [6.07, 6.45) is 3.30. The Bertz CT molecular complexity index is 855. The second-order valence-corrected chi connectivity index (χ2v) is 8.89. The van der Waals surface area contributed by atoms with Gasteiger partial charge in [0.2, 0.25) is 0 Å². The molecule has 1 amide bonds. The minimum absolute atomic E-state index is 0.0997. The maximum Gasteiger partial charge on any atom is 0.287 e. The fourth-order valence-electron chi connectivity index (χ4n) is 4.22. The highest BCUT2D eigenvalue weighted by Gasteiger charge is 2.31. The molecule has 0 spiro atoms. The van der Waals surface area contributed by atoms with Crippen molar-refractivity contribution in [3.63, 3.8) is 0 Å². The van der Waals surface area contributed by atoms with E-state index in [0.29, 0.717) is 21.7 Å². The summed E-state index contributed by atoms with van der Waals surface area (Å²) in [6, 6.07) is 9.65. The van der Waals surface area contributed by atoms with Crippen molar-refractivity contribution < 1.29 is 9.21 Å². The standard InChI is InChI=1S/C22H27Cl2N3O2/c1-15-5-6-20(29-15)22(28)25-17-13-16(14-17)7-8-26-9-11-27(12-10-26)19-4-2-3-18(23)21(19)24/h2-6,16-17H,7-14H2,1H3,(H,25,28)/t16-,17-. The first kappa shape index (κ1) is 20.6. The molecule has 2 aliphatic rings. The van der Waals surface area contributed by atoms with Crippen LogP contribution in [0.25, 0.3) is 0 Å². The Morgan fingerprint density at radius 2 is 1.90 bits per heavy atom. The van der Waals surface area contributed by atoms with Gasteiger partial charge in [-0.1, -0.05) is 29.3 Å². The van der Waals surface area contributed by atoms with E-state index in [1.165, 1.54) is 6.42 Å². The second kappa shape index (κ2) is 8.99. The number of benzene rings is 1. The topological polar surface area (TPSA) is 48.7 Å². The minimum atomic E-state index is -0.0997. The normalized spacial score (nSPS) is 22.4. The molecule has 29 heavy (non-hydrogen) atoms. The third-order valence-corrected chi connectivity index (χ3v) is 6.84. The lowest BCUT2D eigenvalue weighted by Gasteiger charge is -2.39. The van der Waals surface area contributed by atoms with Gasteiger partial charge in [-0.15, -0.1) is 0 Å². The Morgan fingerprint density at radius 1 is 1.14 bits per heavy atom. The molecule has 0 atom stereocenters. The molecular formula is C22H27Cl2N3O2. The summed E-state index contributed by atoms with van der Waals surface area (Å²) >= 11 is 12.5. The van der Waals surface area contributed by atoms with Gasteiger partial charge in [0.05, 0.1) is 15.7 Å². The summed E-state index contributed by atoms with van der Waals surface area (Å²) in [5.74, 6) is 1.76. The SMILES string of the molecule is Cc1ccc(C(=O)N[C@H]2C[C@H](CCN3CCN(c4cccc(Cl)c4Cl)CC3)C2)o1. The van der Waals surface area contributed by atoms with Gasteiger partial charge in [0.1, 0.15) is 5.76 Å². The van der Waals surface area contributed by atoms with Gasteiger partial charge in [-0.25, -0.2) is 0 Å². The number of rotatable bonds is 6. The molecule has 0 bridgehead atoms. The fourth-order valence-corrected chi connectivity index (χ4v) is 4.63. The molecule has 2 heterocycles. The molecule has 1 aliphatic carbocycles. The first-order chi connectivity index (χ1) is 14.0. The van der Waals surface area contributed by atoms with Gasteiger partial charge in [-0.3, -0.25) is 9.69 Å². The zero-order valence-corrected chi connectivity index (χ0v) is 18.2.